The Labute approximate surface area is 101 Å². The Hall–Kier alpha value is -1.59. The van der Waals surface area contributed by atoms with Gasteiger partial charge >= 0.3 is 5.97 Å². The first kappa shape index (κ1) is 15.4. The summed E-state index contributed by atoms with van der Waals surface area (Å²) in [6, 6.07) is 5.36. The Balaban J connectivity index is 0.000000325. The Morgan fingerprint density at radius 3 is 1.88 bits per heavy atom. The van der Waals surface area contributed by atoms with E-state index in [2.05, 4.69) is 21.1 Å². The second-order valence-corrected chi connectivity index (χ2v) is 4.59. The first-order chi connectivity index (χ1) is 7.76. The molecule has 0 fully saturated rings. The maximum absolute atomic E-state index is 10.2. The summed E-state index contributed by atoms with van der Waals surface area (Å²) < 4.78 is 0.844. The van der Waals surface area contributed by atoms with Crippen LogP contribution < -0.4 is 0 Å². The maximum atomic E-state index is 10.2. The summed E-state index contributed by atoms with van der Waals surface area (Å²) in [4.78, 5) is 10.2. The van der Waals surface area contributed by atoms with Gasteiger partial charge in [-0.05, 0) is 24.3 Å². The van der Waals surface area contributed by atoms with E-state index in [4.69, 9.17) is 15.3 Å². The number of hydrogen-bond donors (Lipinski definition) is 3. The van der Waals surface area contributed by atoms with Gasteiger partial charge in [0.25, 0.3) is 0 Å². The van der Waals surface area contributed by atoms with Crippen LogP contribution in [0.15, 0.2) is 24.3 Å². The highest BCUT2D eigenvalue weighted by Gasteiger charge is 2.02. The molecule has 96 valence electrons. The highest BCUT2D eigenvalue weighted by atomic mass is 16.4. The van der Waals surface area contributed by atoms with Crippen LogP contribution in [0.25, 0.3) is 0 Å². The third kappa shape index (κ3) is 8.24. The van der Waals surface area contributed by atoms with Gasteiger partial charge in [0.1, 0.15) is 12.3 Å². The topological polar surface area (TPSA) is 77.8 Å². The van der Waals surface area contributed by atoms with Crippen LogP contribution >= 0.6 is 0 Å². The molecule has 0 saturated carbocycles. The third-order valence-corrected chi connectivity index (χ3v) is 1.89. The normalized spacial score (nSPS) is 10.4. The number of phenolic OH excluding ortho intramolecular Hbond substituents is 1. The van der Waals surface area contributed by atoms with Crippen molar-refractivity contribution in [3.63, 3.8) is 0 Å². The van der Waals surface area contributed by atoms with Crippen LogP contribution in [0.4, 0.5) is 0 Å². The number of likely N-dealkylation sites (N-methyl/N-ethyl adjacent to an activating group) is 1. The van der Waals surface area contributed by atoms with Crippen molar-refractivity contribution in [3.8, 4) is 5.75 Å². The molecule has 1 aromatic carbocycles. The lowest BCUT2D eigenvalue weighted by atomic mass is 10.2. The second-order valence-electron chi connectivity index (χ2n) is 4.59. The Bertz CT molecular complexity index is 341. The first-order valence-electron chi connectivity index (χ1n) is 5.20. The van der Waals surface area contributed by atoms with Crippen molar-refractivity contribution in [2.24, 2.45) is 0 Å². The fraction of sp³-hybridized carbons (Fsp3) is 0.417. The number of hydrogen-bond acceptors (Lipinski definition) is 3. The van der Waals surface area contributed by atoms with Gasteiger partial charge in [0, 0.05) is 0 Å². The van der Waals surface area contributed by atoms with E-state index in [0.29, 0.717) is 0 Å². The Morgan fingerprint density at radius 2 is 1.65 bits per heavy atom. The van der Waals surface area contributed by atoms with Crippen LogP contribution in [0.1, 0.15) is 10.4 Å². The maximum Gasteiger partial charge on any atom is 0.335 e. The highest BCUT2D eigenvalue weighted by Crippen LogP contribution is 2.08. The largest absolute Gasteiger partial charge is 0.508 e. The molecular weight excluding hydrogens is 222 g/mol. The van der Waals surface area contributed by atoms with E-state index in [9.17, 15) is 4.79 Å². The molecule has 0 bridgehead atoms. The fourth-order valence-electron chi connectivity index (χ4n) is 0.904. The summed E-state index contributed by atoms with van der Waals surface area (Å²) in [7, 11) is 6.16. The van der Waals surface area contributed by atoms with Crippen molar-refractivity contribution in [1.82, 2.24) is 0 Å². The van der Waals surface area contributed by atoms with Gasteiger partial charge < -0.3 is 19.8 Å². The van der Waals surface area contributed by atoms with Crippen molar-refractivity contribution in [2.45, 2.75) is 0 Å². The number of nitrogens with zero attached hydrogens (tertiary/aromatic N) is 1. The molecule has 0 saturated heterocycles. The number of aliphatic hydroxyl groups is 1. The van der Waals surface area contributed by atoms with Crippen molar-refractivity contribution in [1.29, 1.82) is 0 Å². The van der Waals surface area contributed by atoms with Crippen LogP contribution in [-0.4, -0.2) is 60.1 Å². The molecule has 3 N–H and O–H groups in total. The molecule has 0 aliphatic rings. The summed E-state index contributed by atoms with van der Waals surface area (Å²) >= 11 is 0. The molecule has 0 radical (unpaired) electrons. The molecule has 0 aliphatic carbocycles. The molecule has 1 rings (SSSR count). The SMILES string of the molecule is C[N+](C)(C)CCO.O=C(O)c1ccc(O)cc1. The van der Waals surface area contributed by atoms with E-state index < -0.39 is 5.97 Å². The summed E-state index contributed by atoms with van der Waals surface area (Å²) in [5.74, 6) is -0.912. The number of aromatic carboxylic acids is 1. The number of quaternary nitrogens is 1. The van der Waals surface area contributed by atoms with Gasteiger partial charge in [0.2, 0.25) is 0 Å². The van der Waals surface area contributed by atoms with E-state index in [1.54, 1.807) is 0 Å². The molecule has 17 heavy (non-hydrogen) atoms. The van der Waals surface area contributed by atoms with Crippen LogP contribution in [0.3, 0.4) is 0 Å². The van der Waals surface area contributed by atoms with Crippen LogP contribution in [0, 0.1) is 0 Å². The number of carboxylic acids is 1. The minimum Gasteiger partial charge on any atom is -0.508 e. The standard InChI is InChI=1S/C7H6O3.C5H14NO/c8-6-3-1-5(2-4-6)7(9)10;1-6(2,3)4-5-7/h1-4,8H,(H,9,10);7H,4-5H2,1-3H3/q;+1. The molecule has 0 aliphatic heterocycles. The summed E-state index contributed by atoms with van der Waals surface area (Å²) in [5, 5.41) is 25.5. The fourth-order valence-corrected chi connectivity index (χ4v) is 0.904. The predicted molar refractivity (Wildman–Crippen MR) is 65.1 cm³/mol. The number of aromatic hydroxyl groups is 1. The zero-order valence-corrected chi connectivity index (χ0v) is 10.4. The van der Waals surface area contributed by atoms with E-state index >= 15 is 0 Å². The molecule has 5 heteroatoms. The molecule has 0 spiro atoms. The number of aliphatic hydroxyl groups excluding tert-OH is 1. The minimum absolute atomic E-state index is 0.0741. The van der Waals surface area contributed by atoms with E-state index in [0.717, 1.165) is 11.0 Å². The summed E-state index contributed by atoms with van der Waals surface area (Å²) in [6.07, 6.45) is 0. The number of benzene rings is 1. The smallest absolute Gasteiger partial charge is 0.335 e. The molecule has 5 nitrogen and oxygen atoms in total. The van der Waals surface area contributed by atoms with Gasteiger partial charge in [-0.3, -0.25) is 0 Å². The second kappa shape index (κ2) is 6.88. The van der Waals surface area contributed by atoms with Gasteiger partial charge in [-0.15, -0.1) is 0 Å². The van der Waals surface area contributed by atoms with Crippen LogP contribution in [0.5, 0.6) is 5.75 Å². The average molecular weight is 242 g/mol. The number of phenols is 1. The molecule has 0 unspecified atom stereocenters. The zero-order valence-electron chi connectivity index (χ0n) is 10.4. The summed E-state index contributed by atoms with van der Waals surface area (Å²) in [5.41, 5.74) is 0.179. The zero-order chi connectivity index (χ0) is 13.5. The van der Waals surface area contributed by atoms with Crippen molar-refractivity contribution < 1.29 is 24.6 Å². The predicted octanol–water partition coefficient (Wildman–Crippen LogP) is 0.775. The molecule has 0 atom stereocenters. The molecule has 0 amide bonds. The van der Waals surface area contributed by atoms with Gasteiger partial charge in [0.05, 0.1) is 33.3 Å². The third-order valence-electron chi connectivity index (χ3n) is 1.89. The molecule has 0 heterocycles. The average Bonchev–Trinajstić information content (AvgIpc) is 2.17. The van der Waals surface area contributed by atoms with Crippen molar-refractivity contribution in [2.75, 3.05) is 34.3 Å². The lowest BCUT2D eigenvalue weighted by Crippen LogP contribution is -2.36. The number of carboxylic acid groups (broad SMARTS) is 1. The number of rotatable bonds is 3. The Morgan fingerprint density at radius 1 is 1.18 bits per heavy atom. The van der Waals surface area contributed by atoms with E-state index in [-0.39, 0.29) is 17.9 Å². The quantitative estimate of drug-likeness (QED) is 0.684. The van der Waals surface area contributed by atoms with Crippen LogP contribution in [0.2, 0.25) is 0 Å². The first-order valence-corrected chi connectivity index (χ1v) is 5.20. The van der Waals surface area contributed by atoms with E-state index in [1.165, 1.54) is 24.3 Å². The lowest BCUT2D eigenvalue weighted by molar-refractivity contribution is -0.870. The van der Waals surface area contributed by atoms with E-state index in [1.807, 2.05) is 0 Å². The van der Waals surface area contributed by atoms with Gasteiger partial charge in [-0.2, -0.15) is 0 Å². The number of carbonyl (C=O) groups is 1. The Kier molecular flexibility index (Phi) is 6.23. The van der Waals surface area contributed by atoms with Crippen molar-refractivity contribution >= 4 is 5.97 Å². The van der Waals surface area contributed by atoms with Gasteiger partial charge in [-0.1, -0.05) is 0 Å². The molecule has 0 aromatic heterocycles. The monoisotopic (exact) mass is 242 g/mol. The lowest BCUT2D eigenvalue weighted by Gasteiger charge is -2.21. The molecule has 1 aromatic rings. The highest BCUT2D eigenvalue weighted by molar-refractivity contribution is 5.87. The van der Waals surface area contributed by atoms with Crippen LogP contribution in [-0.2, 0) is 0 Å². The van der Waals surface area contributed by atoms with Crippen molar-refractivity contribution in [3.05, 3.63) is 29.8 Å². The molecular formula is C12H20NO4+. The minimum atomic E-state index is -0.986. The van der Waals surface area contributed by atoms with Gasteiger partial charge in [0.15, 0.2) is 0 Å². The van der Waals surface area contributed by atoms with Gasteiger partial charge in [-0.25, -0.2) is 4.79 Å². The summed E-state index contributed by atoms with van der Waals surface area (Å²) in [6.45, 7) is 1.11.